The molecular formula is C30H30N8P3+. The first-order valence-corrected chi connectivity index (χ1v) is 17.8. The van der Waals surface area contributed by atoms with E-state index in [0.717, 1.165) is 28.4 Å². The summed E-state index contributed by atoms with van der Waals surface area (Å²) in [6, 6.07) is 50.4. The zero-order valence-electron chi connectivity index (χ0n) is 22.1. The molecule has 204 valence electrons. The van der Waals surface area contributed by atoms with Gasteiger partial charge in [-0.15, -0.1) is 0 Å². The van der Waals surface area contributed by atoms with Crippen LogP contribution in [0.2, 0.25) is 0 Å². The third kappa shape index (κ3) is 7.06. The highest BCUT2D eigenvalue weighted by Crippen LogP contribution is 2.71. The second-order valence-corrected chi connectivity index (χ2v) is 15.4. The van der Waals surface area contributed by atoms with Crippen LogP contribution in [0.15, 0.2) is 165 Å². The van der Waals surface area contributed by atoms with Gasteiger partial charge in [0.15, 0.2) is 0 Å². The van der Waals surface area contributed by atoms with Crippen molar-refractivity contribution in [1.82, 2.24) is 0 Å². The van der Waals surface area contributed by atoms with Crippen molar-refractivity contribution in [2.24, 2.45) is 13.5 Å². The minimum atomic E-state index is -2.88. The van der Waals surface area contributed by atoms with Crippen molar-refractivity contribution in [3.63, 3.8) is 0 Å². The summed E-state index contributed by atoms with van der Waals surface area (Å²) in [5.41, 5.74) is 4.64. The monoisotopic (exact) mass is 595 g/mol. The van der Waals surface area contributed by atoms with Gasteiger partial charge in [0, 0.05) is 31.8 Å². The van der Waals surface area contributed by atoms with Gasteiger partial charge in [-0.05, 0) is 60.7 Å². The van der Waals surface area contributed by atoms with Crippen LogP contribution in [0.3, 0.4) is 0 Å². The first-order valence-electron chi connectivity index (χ1n) is 13.1. The van der Waals surface area contributed by atoms with Crippen molar-refractivity contribution < 1.29 is 0 Å². The molecule has 5 aromatic carbocycles. The van der Waals surface area contributed by atoms with Gasteiger partial charge in [-0.2, -0.15) is 9.60 Å². The van der Waals surface area contributed by atoms with Crippen LogP contribution in [0.4, 0.5) is 28.4 Å². The maximum absolute atomic E-state index is 5.54. The van der Waals surface area contributed by atoms with Gasteiger partial charge in [-0.3, -0.25) is 0 Å². The highest BCUT2D eigenvalue weighted by atomic mass is 31.2. The molecule has 1 unspecified atom stereocenters. The van der Waals surface area contributed by atoms with E-state index in [1.165, 1.54) is 0 Å². The molecule has 6 rings (SSSR count). The molecule has 0 aliphatic carbocycles. The summed E-state index contributed by atoms with van der Waals surface area (Å²) in [7, 11) is -7.20. The number of nitrogens with zero attached hydrogens (tertiary/aromatic N) is 3. The third-order valence-electron chi connectivity index (χ3n) is 5.93. The largest absolute Gasteiger partial charge is 0.492 e. The van der Waals surface area contributed by atoms with Gasteiger partial charge in [-0.1, -0.05) is 91.0 Å². The summed E-state index contributed by atoms with van der Waals surface area (Å²) >= 11 is 0. The first kappa shape index (κ1) is 26.9. The molecule has 1 heterocycles. The number of rotatable bonds is 10. The van der Waals surface area contributed by atoms with Gasteiger partial charge in [-0.25, -0.2) is 0 Å². The molecule has 5 N–H and O–H groups in total. The molecule has 11 heteroatoms. The molecule has 41 heavy (non-hydrogen) atoms. The lowest BCUT2D eigenvalue weighted by atomic mass is 10.3. The van der Waals surface area contributed by atoms with Crippen molar-refractivity contribution in [2.45, 2.75) is 0 Å². The van der Waals surface area contributed by atoms with E-state index in [2.05, 4.69) is 25.4 Å². The SMILES string of the molecule is c1ccc(N[P+]2=NP(Nc3ccccc3)(Nc3ccccc3)=NP(Nc3ccccc3)(Nc3ccccc3)=N2)cc1. The maximum atomic E-state index is 5.54. The summed E-state index contributed by atoms with van der Waals surface area (Å²) in [5, 5.41) is 18.5. The topological polar surface area (TPSA) is 97.2 Å². The molecule has 0 amide bonds. The lowest BCUT2D eigenvalue weighted by molar-refractivity contribution is 1.52. The molecule has 0 saturated heterocycles. The van der Waals surface area contributed by atoms with Crippen LogP contribution in [0, 0.1) is 0 Å². The Bertz CT molecular complexity index is 1540. The van der Waals surface area contributed by atoms with Crippen molar-refractivity contribution >= 4 is 51.5 Å². The summed E-state index contributed by atoms with van der Waals surface area (Å²) in [4.78, 5) is 0. The fraction of sp³-hybridized carbons (Fsp3) is 0. The number of hydrogen-bond donors (Lipinski definition) is 5. The summed E-state index contributed by atoms with van der Waals surface area (Å²) in [5.74, 6) is 0. The minimum Gasteiger partial charge on any atom is -0.316 e. The average Bonchev–Trinajstić information content (AvgIpc) is 2.99. The molecule has 5 aromatic rings. The fourth-order valence-corrected chi connectivity index (χ4v) is 13.3. The molecule has 0 fully saturated rings. The number of nitrogens with one attached hydrogen (secondary N) is 5. The molecule has 1 atom stereocenters. The molecular weight excluding hydrogens is 565 g/mol. The van der Waals surface area contributed by atoms with Crippen molar-refractivity contribution in [1.29, 1.82) is 0 Å². The molecule has 0 bridgehead atoms. The Morgan fingerprint density at radius 1 is 0.390 bits per heavy atom. The van der Waals surface area contributed by atoms with Gasteiger partial charge in [0.25, 0.3) is 0 Å². The Hall–Kier alpha value is -4.34. The van der Waals surface area contributed by atoms with Crippen LogP contribution in [0.1, 0.15) is 0 Å². The zero-order chi connectivity index (χ0) is 27.8. The summed E-state index contributed by atoms with van der Waals surface area (Å²) in [6.45, 7) is 0. The van der Waals surface area contributed by atoms with Gasteiger partial charge in [0.1, 0.15) is 0 Å². The van der Waals surface area contributed by atoms with E-state index in [0.29, 0.717) is 0 Å². The van der Waals surface area contributed by atoms with E-state index in [4.69, 9.17) is 13.5 Å². The van der Waals surface area contributed by atoms with Crippen molar-refractivity contribution in [3.05, 3.63) is 152 Å². The highest BCUT2D eigenvalue weighted by molar-refractivity contribution is 7.85. The maximum Gasteiger partial charge on any atom is 0.492 e. The van der Waals surface area contributed by atoms with E-state index < -0.39 is 23.0 Å². The molecule has 0 aromatic heterocycles. The van der Waals surface area contributed by atoms with Crippen molar-refractivity contribution in [2.75, 3.05) is 25.4 Å². The second kappa shape index (κ2) is 12.4. The Morgan fingerprint density at radius 3 is 1.07 bits per heavy atom. The number of anilines is 5. The number of hydrogen-bond acceptors (Lipinski definition) is 8. The molecule has 8 nitrogen and oxygen atoms in total. The Labute approximate surface area is 241 Å². The standard InChI is InChI=1S/C30H30N8P3/c1-6-16-26(17-7-1)31-39-36-40(32-27-18-8-2-9-19-27,33-28-20-10-3-11-21-28)38-41(37-39,34-29-22-12-4-13-23-29)35-30-24-14-5-15-25-30/h1-25,32-35H,(H,31,36)/q+1. The fourth-order valence-electron chi connectivity index (χ4n) is 4.16. The second-order valence-electron chi connectivity index (χ2n) is 9.15. The predicted octanol–water partition coefficient (Wildman–Crippen LogP) is 10.9. The van der Waals surface area contributed by atoms with Crippen molar-refractivity contribution in [3.8, 4) is 0 Å². The first-order chi connectivity index (χ1) is 20.2. The lowest BCUT2D eigenvalue weighted by Crippen LogP contribution is -2.11. The van der Waals surface area contributed by atoms with Crippen LogP contribution in [0.5, 0.6) is 0 Å². The Morgan fingerprint density at radius 2 is 0.707 bits per heavy atom. The number of benzene rings is 5. The van der Waals surface area contributed by atoms with E-state index in [1.807, 2.05) is 152 Å². The van der Waals surface area contributed by atoms with Crippen LogP contribution in [0.25, 0.3) is 0 Å². The Balaban J connectivity index is 1.57. The zero-order valence-corrected chi connectivity index (χ0v) is 24.8. The molecule has 1 aliphatic heterocycles. The quantitative estimate of drug-likeness (QED) is 0.104. The van der Waals surface area contributed by atoms with Gasteiger partial charge in [0.05, 0.1) is 5.69 Å². The summed E-state index contributed by atoms with van der Waals surface area (Å²) in [6.07, 6.45) is 0. The van der Waals surface area contributed by atoms with Crippen LogP contribution < -0.4 is 25.4 Å². The van der Waals surface area contributed by atoms with Crippen LogP contribution >= 0.6 is 23.0 Å². The van der Waals surface area contributed by atoms with Gasteiger partial charge >= 0.3 is 23.0 Å². The van der Waals surface area contributed by atoms with Gasteiger partial charge < -0.3 is 20.3 Å². The average molecular weight is 596 g/mol. The smallest absolute Gasteiger partial charge is 0.316 e. The van der Waals surface area contributed by atoms with E-state index in [-0.39, 0.29) is 0 Å². The van der Waals surface area contributed by atoms with E-state index in [1.54, 1.807) is 0 Å². The molecule has 0 spiro atoms. The molecule has 1 aliphatic rings. The van der Waals surface area contributed by atoms with Crippen LogP contribution in [-0.2, 0) is 0 Å². The highest BCUT2D eigenvalue weighted by Gasteiger charge is 2.40. The van der Waals surface area contributed by atoms with Crippen LogP contribution in [-0.4, -0.2) is 0 Å². The molecule has 0 saturated carbocycles. The number of para-hydroxylation sites is 5. The summed E-state index contributed by atoms with van der Waals surface area (Å²) < 4.78 is 16.2. The molecule has 0 radical (unpaired) electrons. The minimum absolute atomic E-state index is 0.922. The van der Waals surface area contributed by atoms with E-state index in [9.17, 15) is 0 Å². The Kier molecular flexibility index (Phi) is 8.16. The van der Waals surface area contributed by atoms with Gasteiger partial charge in [0.2, 0.25) is 0 Å². The lowest BCUT2D eigenvalue weighted by Gasteiger charge is -2.29. The normalized spacial score (nSPS) is 15.7. The third-order valence-corrected chi connectivity index (χ3v) is 14.2. The predicted molar refractivity (Wildman–Crippen MR) is 178 cm³/mol. The van der Waals surface area contributed by atoms with E-state index >= 15 is 0 Å².